The lowest BCUT2D eigenvalue weighted by molar-refractivity contribution is -0.385. The van der Waals surface area contributed by atoms with Crippen molar-refractivity contribution in [1.29, 1.82) is 0 Å². The number of benzene rings is 3. The normalized spacial score (nSPS) is 13.8. The van der Waals surface area contributed by atoms with Crippen molar-refractivity contribution >= 4 is 17.7 Å². The number of aliphatic hydroxyl groups is 2. The van der Waals surface area contributed by atoms with Crippen LogP contribution >= 0.6 is 0 Å². The fourth-order valence-corrected chi connectivity index (χ4v) is 4.40. The van der Waals surface area contributed by atoms with Gasteiger partial charge >= 0.3 is 6.09 Å². The first kappa shape index (κ1) is 24.8. The van der Waals surface area contributed by atoms with Gasteiger partial charge in [-0.15, -0.1) is 0 Å². The van der Waals surface area contributed by atoms with E-state index < -0.39 is 34.8 Å². The molecule has 3 aromatic rings. The van der Waals surface area contributed by atoms with E-state index in [1.807, 2.05) is 48.5 Å². The maximum Gasteiger partial charge on any atom is 0.407 e. The van der Waals surface area contributed by atoms with Gasteiger partial charge in [0.15, 0.2) is 0 Å². The van der Waals surface area contributed by atoms with Crippen molar-refractivity contribution in [3.63, 3.8) is 0 Å². The summed E-state index contributed by atoms with van der Waals surface area (Å²) in [5.74, 6) is -0.998. The Morgan fingerprint density at radius 3 is 2.22 bits per heavy atom. The molecular formula is C26H25N3O7. The molecule has 2 atom stereocenters. The van der Waals surface area contributed by atoms with Crippen LogP contribution in [0.15, 0.2) is 66.7 Å². The third kappa shape index (κ3) is 5.19. The molecule has 4 rings (SSSR count). The number of nitro groups is 1. The molecule has 3 aromatic carbocycles. The molecule has 2 amide bonds. The molecule has 0 saturated heterocycles. The molecule has 0 bridgehead atoms. The summed E-state index contributed by atoms with van der Waals surface area (Å²) in [7, 11) is 0. The quantitative estimate of drug-likeness (QED) is 0.264. The summed E-state index contributed by atoms with van der Waals surface area (Å²) < 4.78 is 5.43. The second kappa shape index (κ2) is 10.5. The largest absolute Gasteiger partial charge is 0.449 e. The zero-order chi connectivity index (χ0) is 25.8. The average Bonchev–Trinajstić information content (AvgIpc) is 3.20. The zero-order valence-corrected chi connectivity index (χ0v) is 19.2. The number of carbonyl (C=O) groups is 2. The number of nitrogens with two attached hydrogens (primary N) is 1. The van der Waals surface area contributed by atoms with Crippen molar-refractivity contribution in [1.82, 2.24) is 5.32 Å². The monoisotopic (exact) mass is 491 g/mol. The number of nitrogens with one attached hydrogen (secondary N) is 1. The third-order valence-electron chi connectivity index (χ3n) is 6.19. The first-order valence-corrected chi connectivity index (χ1v) is 11.3. The number of primary amides is 1. The Kier molecular flexibility index (Phi) is 7.28. The van der Waals surface area contributed by atoms with Gasteiger partial charge in [0.05, 0.1) is 11.0 Å². The molecule has 0 aromatic heterocycles. The number of hydrogen-bond donors (Lipinski definition) is 4. The number of carbonyl (C=O) groups excluding carboxylic acids is 2. The van der Waals surface area contributed by atoms with Gasteiger partial charge in [-0.3, -0.25) is 14.9 Å². The van der Waals surface area contributed by atoms with Crippen LogP contribution in [0.1, 0.15) is 45.5 Å². The lowest BCUT2D eigenvalue weighted by Crippen LogP contribution is -2.30. The molecule has 2 unspecified atom stereocenters. The van der Waals surface area contributed by atoms with Crippen LogP contribution in [-0.2, 0) is 4.74 Å². The van der Waals surface area contributed by atoms with Gasteiger partial charge in [0.1, 0.15) is 12.7 Å². The standard InChI is InChI=1S/C26H25N3O7/c27-25(32)16-11-15(12-17(13-16)29(34)35)24(31)23(30)9-10-28-26(33)36-14-22-20-7-3-1-5-18(20)19-6-2-4-8-21(19)22/h1-8,11-13,22-24,30-31H,9-10,14H2,(H2,27,32)(H,28,33). The molecule has 10 nitrogen and oxygen atoms in total. The first-order valence-electron chi connectivity index (χ1n) is 11.3. The van der Waals surface area contributed by atoms with Gasteiger partial charge in [0, 0.05) is 30.2 Å². The molecular weight excluding hydrogens is 466 g/mol. The van der Waals surface area contributed by atoms with Crippen molar-refractivity contribution in [3.05, 3.63) is 99.1 Å². The summed E-state index contributed by atoms with van der Waals surface area (Å²) in [4.78, 5) is 34.1. The van der Waals surface area contributed by atoms with Crippen molar-refractivity contribution in [3.8, 4) is 11.1 Å². The summed E-state index contributed by atoms with van der Waals surface area (Å²) >= 11 is 0. The Morgan fingerprint density at radius 1 is 1.03 bits per heavy atom. The summed E-state index contributed by atoms with van der Waals surface area (Å²) in [5, 5.41) is 34.4. The third-order valence-corrected chi connectivity index (χ3v) is 6.19. The predicted molar refractivity (Wildman–Crippen MR) is 130 cm³/mol. The summed E-state index contributed by atoms with van der Waals surface area (Å²) in [5.41, 5.74) is 8.94. The van der Waals surface area contributed by atoms with Gasteiger partial charge < -0.3 is 26.0 Å². The van der Waals surface area contributed by atoms with Gasteiger partial charge in [0.25, 0.3) is 5.69 Å². The van der Waals surface area contributed by atoms with Gasteiger partial charge in [-0.05, 0) is 40.3 Å². The van der Waals surface area contributed by atoms with E-state index in [0.29, 0.717) is 0 Å². The van der Waals surface area contributed by atoms with Gasteiger partial charge in [-0.25, -0.2) is 4.79 Å². The van der Waals surface area contributed by atoms with Crippen molar-refractivity contribution < 1.29 is 29.5 Å². The number of fused-ring (bicyclic) bond motifs is 3. The smallest absolute Gasteiger partial charge is 0.407 e. The van der Waals surface area contributed by atoms with Crippen LogP contribution in [0.5, 0.6) is 0 Å². The maximum atomic E-state index is 12.3. The summed E-state index contributed by atoms with van der Waals surface area (Å²) in [6.07, 6.45) is -3.65. The number of amides is 2. The minimum atomic E-state index is -1.53. The highest BCUT2D eigenvalue weighted by Crippen LogP contribution is 2.44. The Bertz CT molecular complexity index is 1230. The zero-order valence-electron chi connectivity index (χ0n) is 19.2. The molecule has 186 valence electrons. The number of ether oxygens (including phenoxy) is 1. The molecule has 0 heterocycles. The second-order valence-electron chi connectivity index (χ2n) is 8.49. The Balaban J connectivity index is 1.31. The van der Waals surface area contributed by atoms with E-state index in [1.54, 1.807) is 0 Å². The first-order chi connectivity index (χ1) is 17.3. The Morgan fingerprint density at radius 2 is 1.64 bits per heavy atom. The van der Waals surface area contributed by atoms with Crippen LogP contribution in [0.4, 0.5) is 10.5 Å². The van der Waals surface area contributed by atoms with Crippen LogP contribution < -0.4 is 11.1 Å². The molecule has 0 aliphatic heterocycles. The fraction of sp³-hybridized carbons (Fsp3) is 0.231. The van der Waals surface area contributed by atoms with Crippen LogP contribution in [-0.4, -0.2) is 46.4 Å². The van der Waals surface area contributed by atoms with E-state index in [1.165, 1.54) is 6.07 Å². The van der Waals surface area contributed by atoms with Crippen molar-refractivity contribution in [2.45, 2.75) is 24.5 Å². The van der Waals surface area contributed by atoms with E-state index in [2.05, 4.69) is 5.32 Å². The number of alkyl carbamates (subject to hydrolysis) is 1. The number of non-ortho nitro benzene ring substituents is 1. The van der Waals surface area contributed by atoms with Crippen LogP contribution in [0.2, 0.25) is 0 Å². The van der Waals surface area contributed by atoms with Crippen molar-refractivity contribution in [2.75, 3.05) is 13.2 Å². The Labute approximate surface area is 206 Å². The number of aliphatic hydroxyl groups excluding tert-OH is 2. The molecule has 0 fully saturated rings. The molecule has 5 N–H and O–H groups in total. The minimum absolute atomic E-state index is 0.0213. The van der Waals surface area contributed by atoms with Crippen LogP contribution in [0.3, 0.4) is 0 Å². The van der Waals surface area contributed by atoms with E-state index in [-0.39, 0.29) is 36.6 Å². The highest BCUT2D eigenvalue weighted by Gasteiger charge is 2.29. The van der Waals surface area contributed by atoms with E-state index in [4.69, 9.17) is 10.5 Å². The minimum Gasteiger partial charge on any atom is -0.449 e. The highest BCUT2D eigenvalue weighted by molar-refractivity contribution is 5.93. The number of rotatable bonds is 9. The summed E-state index contributed by atoms with van der Waals surface area (Å²) in [6.45, 7) is 0.112. The van der Waals surface area contributed by atoms with Crippen LogP contribution in [0, 0.1) is 10.1 Å². The molecule has 10 heteroatoms. The Hall–Kier alpha value is -4.28. The van der Waals surface area contributed by atoms with Gasteiger partial charge in [0.2, 0.25) is 5.91 Å². The highest BCUT2D eigenvalue weighted by atomic mass is 16.6. The number of nitrogens with zero attached hydrogens (tertiary/aromatic N) is 1. The maximum absolute atomic E-state index is 12.3. The SMILES string of the molecule is NC(=O)c1cc(C(O)C(O)CCNC(=O)OCC2c3ccccc3-c3ccccc32)cc([N+](=O)[O-])c1. The molecule has 1 aliphatic rings. The molecule has 36 heavy (non-hydrogen) atoms. The van der Waals surface area contributed by atoms with Gasteiger partial charge in [-0.1, -0.05) is 48.5 Å². The second-order valence-corrected chi connectivity index (χ2v) is 8.49. The van der Waals surface area contributed by atoms with E-state index in [0.717, 1.165) is 34.4 Å². The number of nitro benzene ring substituents is 1. The molecule has 0 radical (unpaired) electrons. The lowest BCUT2D eigenvalue weighted by Gasteiger charge is -2.19. The van der Waals surface area contributed by atoms with Crippen LogP contribution in [0.25, 0.3) is 11.1 Å². The molecule has 1 aliphatic carbocycles. The fourth-order valence-electron chi connectivity index (χ4n) is 4.40. The van der Waals surface area contributed by atoms with E-state index >= 15 is 0 Å². The number of hydrogen-bond acceptors (Lipinski definition) is 7. The summed E-state index contributed by atoms with van der Waals surface area (Å²) in [6, 6.07) is 19.1. The average molecular weight is 492 g/mol. The lowest BCUT2D eigenvalue weighted by atomic mass is 9.98. The van der Waals surface area contributed by atoms with Crippen molar-refractivity contribution in [2.24, 2.45) is 5.73 Å². The topological polar surface area (TPSA) is 165 Å². The van der Waals surface area contributed by atoms with Gasteiger partial charge in [-0.2, -0.15) is 0 Å². The molecule has 0 spiro atoms. The molecule has 0 saturated carbocycles. The van der Waals surface area contributed by atoms with E-state index in [9.17, 15) is 29.9 Å². The predicted octanol–water partition coefficient (Wildman–Crippen LogP) is 3.02.